The zero-order chi connectivity index (χ0) is 11.8. The molecule has 2 bridgehead atoms. The number of hydrogen-bond acceptors (Lipinski definition) is 1. The van der Waals surface area contributed by atoms with Gasteiger partial charge >= 0.3 is 0 Å². The first-order valence-electron chi connectivity index (χ1n) is 6.24. The Morgan fingerprint density at radius 3 is 2.71 bits per heavy atom. The summed E-state index contributed by atoms with van der Waals surface area (Å²) in [6.45, 7) is 2.20. The molecule has 1 aromatic rings. The molecule has 2 nitrogen and oxygen atoms in total. The van der Waals surface area contributed by atoms with Crippen LogP contribution >= 0.6 is 0 Å². The molecule has 0 aliphatic carbocycles. The molecule has 0 amide bonds. The molecule has 1 aromatic carbocycles. The molecular formula is C14H17FNO+. The van der Waals surface area contributed by atoms with Gasteiger partial charge in [0, 0.05) is 24.8 Å². The van der Waals surface area contributed by atoms with Crippen LogP contribution in [-0.4, -0.2) is 24.3 Å². The summed E-state index contributed by atoms with van der Waals surface area (Å²) in [7, 11) is 0. The predicted molar refractivity (Wildman–Crippen MR) is 63.8 cm³/mol. The SMILES string of the molecule is O[C@H]1/C(=C/c2cccc(F)c2)[NH+]2CCC1CC2. The molecular weight excluding hydrogens is 217 g/mol. The van der Waals surface area contributed by atoms with Crippen LogP contribution in [0.2, 0.25) is 0 Å². The molecule has 3 saturated heterocycles. The van der Waals surface area contributed by atoms with Crippen LogP contribution in [0.4, 0.5) is 4.39 Å². The molecule has 0 aromatic heterocycles. The fraction of sp³-hybridized carbons (Fsp3) is 0.429. The van der Waals surface area contributed by atoms with Gasteiger partial charge in [0.05, 0.1) is 13.1 Å². The number of rotatable bonds is 1. The summed E-state index contributed by atoms with van der Waals surface area (Å²) in [5.74, 6) is 0.187. The lowest BCUT2D eigenvalue weighted by molar-refractivity contribution is -0.880. The predicted octanol–water partition coefficient (Wildman–Crippen LogP) is 0.836. The Balaban J connectivity index is 1.93. The lowest BCUT2D eigenvalue weighted by Gasteiger charge is -2.41. The van der Waals surface area contributed by atoms with Crippen LogP contribution in [0.5, 0.6) is 0 Å². The van der Waals surface area contributed by atoms with Crippen molar-refractivity contribution in [1.82, 2.24) is 0 Å². The number of hydrogen-bond donors (Lipinski definition) is 2. The molecule has 90 valence electrons. The highest BCUT2D eigenvalue weighted by Gasteiger charge is 2.40. The molecule has 0 spiro atoms. The van der Waals surface area contributed by atoms with E-state index in [0.29, 0.717) is 5.92 Å². The van der Waals surface area contributed by atoms with Gasteiger partial charge in [0.2, 0.25) is 0 Å². The number of aliphatic hydroxyl groups is 1. The fourth-order valence-corrected chi connectivity index (χ4v) is 3.02. The van der Waals surface area contributed by atoms with Crippen molar-refractivity contribution in [2.24, 2.45) is 5.92 Å². The highest BCUT2D eigenvalue weighted by molar-refractivity contribution is 5.52. The summed E-state index contributed by atoms with van der Waals surface area (Å²) in [6.07, 6.45) is 3.83. The molecule has 17 heavy (non-hydrogen) atoms. The number of aliphatic hydroxyl groups excluding tert-OH is 1. The van der Waals surface area contributed by atoms with Gasteiger partial charge in [0.25, 0.3) is 0 Å². The Bertz CT molecular complexity index is 445. The molecule has 3 aliphatic rings. The molecule has 3 heterocycles. The van der Waals surface area contributed by atoms with Gasteiger partial charge in [-0.25, -0.2) is 4.39 Å². The first-order chi connectivity index (χ1) is 8.24. The summed E-state index contributed by atoms with van der Waals surface area (Å²) < 4.78 is 13.1. The molecule has 2 N–H and O–H groups in total. The molecule has 3 fully saturated rings. The average Bonchev–Trinajstić information content (AvgIpc) is 2.34. The third-order valence-corrected chi connectivity index (χ3v) is 3.98. The average molecular weight is 234 g/mol. The maximum Gasteiger partial charge on any atom is 0.137 e. The molecule has 1 atom stereocenters. The van der Waals surface area contributed by atoms with Crippen molar-refractivity contribution in [2.45, 2.75) is 18.9 Å². The largest absolute Gasteiger partial charge is 0.383 e. The number of halogens is 1. The van der Waals surface area contributed by atoms with E-state index in [4.69, 9.17) is 0 Å². The first kappa shape index (κ1) is 10.9. The van der Waals surface area contributed by atoms with E-state index in [9.17, 15) is 9.50 Å². The van der Waals surface area contributed by atoms with Crippen LogP contribution < -0.4 is 4.90 Å². The summed E-state index contributed by atoms with van der Waals surface area (Å²) in [5, 5.41) is 10.2. The van der Waals surface area contributed by atoms with Gasteiger partial charge in [0.1, 0.15) is 17.6 Å². The van der Waals surface area contributed by atoms with Crippen molar-refractivity contribution < 1.29 is 14.4 Å². The van der Waals surface area contributed by atoms with Crippen molar-refractivity contribution >= 4 is 6.08 Å². The number of quaternary nitrogens is 1. The zero-order valence-electron chi connectivity index (χ0n) is 9.70. The second kappa shape index (κ2) is 4.24. The van der Waals surface area contributed by atoms with Crippen LogP contribution in [0.1, 0.15) is 18.4 Å². The number of piperidine rings is 3. The van der Waals surface area contributed by atoms with E-state index in [2.05, 4.69) is 0 Å². The van der Waals surface area contributed by atoms with E-state index < -0.39 is 0 Å². The van der Waals surface area contributed by atoms with Crippen LogP contribution in [0.25, 0.3) is 6.08 Å². The fourth-order valence-electron chi connectivity index (χ4n) is 3.02. The summed E-state index contributed by atoms with van der Waals surface area (Å²) >= 11 is 0. The zero-order valence-corrected chi connectivity index (χ0v) is 9.70. The maximum absolute atomic E-state index is 13.1. The minimum absolute atomic E-state index is 0.222. The van der Waals surface area contributed by atoms with Crippen LogP contribution in [0.15, 0.2) is 30.0 Å². The Morgan fingerprint density at radius 1 is 1.29 bits per heavy atom. The second-order valence-corrected chi connectivity index (χ2v) is 5.04. The van der Waals surface area contributed by atoms with Crippen molar-refractivity contribution in [3.63, 3.8) is 0 Å². The molecule has 3 heteroatoms. The van der Waals surface area contributed by atoms with Crippen molar-refractivity contribution in [2.75, 3.05) is 13.1 Å². The lowest BCUT2D eigenvalue weighted by atomic mass is 9.83. The van der Waals surface area contributed by atoms with E-state index in [0.717, 1.165) is 37.2 Å². The van der Waals surface area contributed by atoms with Crippen molar-refractivity contribution in [1.29, 1.82) is 0 Å². The van der Waals surface area contributed by atoms with E-state index in [1.807, 2.05) is 12.1 Å². The Labute approximate surface area is 100 Å². The number of nitrogens with one attached hydrogen (secondary N) is 1. The Kier molecular flexibility index (Phi) is 2.73. The van der Waals surface area contributed by atoms with Crippen molar-refractivity contribution in [3.8, 4) is 0 Å². The minimum Gasteiger partial charge on any atom is -0.383 e. The third kappa shape index (κ3) is 2.01. The van der Waals surface area contributed by atoms with Gasteiger partial charge in [0.15, 0.2) is 0 Å². The minimum atomic E-state index is -0.337. The van der Waals surface area contributed by atoms with E-state index in [1.165, 1.54) is 17.0 Å². The van der Waals surface area contributed by atoms with Gasteiger partial charge in [-0.1, -0.05) is 12.1 Å². The topological polar surface area (TPSA) is 24.7 Å². The quantitative estimate of drug-likeness (QED) is 0.739. The van der Waals surface area contributed by atoms with Gasteiger partial charge < -0.3 is 10.0 Å². The number of benzene rings is 1. The highest BCUT2D eigenvalue weighted by atomic mass is 19.1. The summed E-state index contributed by atoms with van der Waals surface area (Å²) in [5.41, 5.74) is 1.89. The van der Waals surface area contributed by atoms with Crippen LogP contribution in [0.3, 0.4) is 0 Å². The van der Waals surface area contributed by atoms with Crippen LogP contribution in [0, 0.1) is 11.7 Å². The Hall–Kier alpha value is -1.19. The monoisotopic (exact) mass is 234 g/mol. The smallest absolute Gasteiger partial charge is 0.137 e. The molecule has 0 unspecified atom stereocenters. The number of fused-ring (bicyclic) bond motifs is 3. The first-order valence-corrected chi connectivity index (χ1v) is 6.24. The molecule has 0 radical (unpaired) electrons. The molecule has 0 saturated carbocycles. The summed E-state index contributed by atoms with van der Waals surface area (Å²) in [4.78, 5) is 1.37. The van der Waals surface area contributed by atoms with Gasteiger partial charge in [-0.05, 0) is 17.7 Å². The van der Waals surface area contributed by atoms with E-state index in [1.54, 1.807) is 6.07 Å². The lowest BCUT2D eigenvalue weighted by Crippen LogP contribution is -3.14. The van der Waals surface area contributed by atoms with Gasteiger partial charge in [-0.15, -0.1) is 0 Å². The third-order valence-electron chi connectivity index (χ3n) is 3.98. The van der Waals surface area contributed by atoms with Crippen molar-refractivity contribution in [3.05, 3.63) is 41.3 Å². The van der Waals surface area contributed by atoms with E-state index >= 15 is 0 Å². The van der Waals surface area contributed by atoms with Crippen LogP contribution in [-0.2, 0) is 0 Å². The normalized spacial score (nSPS) is 34.2. The summed E-state index contributed by atoms with van der Waals surface area (Å²) in [6, 6.07) is 6.55. The molecule has 4 rings (SSSR count). The molecule has 3 aliphatic heterocycles. The maximum atomic E-state index is 13.1. The highest BCUT2D eigenvalue weighted by Crippen LogP contribution is 2.25. The standard InChI is InChI=1S/C14H16FNO/c15-12-3-1-2-10(8-12)9-13-14(17)11-4-6-16(13)7-5-11/h1-3,8-9,11,14,17H,4-7H2/p+1/b13-9-/t14-/m1/s1. The van der Waals surface area contributed by atoms with Gasteiger partial charge in [-0.3, -0.25) is 0 Å². The van der Waals surface area contributed by atoms with E-state index in [-0.39, 0.29) is 11.9 Å². The van der Waals surface area contributed by atoms with Gasteiger partial charge in [-0.2, -0.15) is 0 Å². The Morgan fingerprint density at radius 2 is 2.06 bits per heavy atom. The second-order valence-electron chi connectivity index (χ2n) is 5.04.